The molecule has 5 nitrogen and oxygen atoms in total. The molecule has 118 valence electrons. The van der Waals surface area contributed by atoms with E-state index in [1.54, 1.807) is 25.7 Å². The van der Waals surface area contributed by atoms with Crippen molar-refractivity contribution in [3.8, 4) is 0 Å². The average molecular weight is 294 g/mol. The summed E-state index contributed by atoms with van der Waals surface area (Å²) in [5.74, 6) is 1.17. The Balaban J connectivity index is 0.000000161. The second-order valence-electron chi connectivity index (χ2n) is 6.40. The van der Waals surface area contributed by atoms with Crippen molar-refractivity contribution in [2.75, 3.05) is 0 Å². The molecule has 0 unspecified atom stereocenters. The molecule has 0 bridgehead atoms. The van der Waals surface area contributed by atoms with Crippen molar-refractivity contribution in [2.24, 2.45) is 11.8 Å². The van der Waals surface area contributed by atoms with Gasteiger partial charge in [0.05, 0.1) is 0 Å². The number of nitrogens with one attached hydrogen (secondary N) is 2. The quantitative estimate of drug-likeness (QED) is 0.730. The number of urea groups is 1. The Kier molecular flexibility index (Phi) is 6.21. The molecule has 3 rings (SSSR count). The first-order valence-electron chi connectivity index (χ1n) is 8.29. The van der Waals surface area contributed by atoms with Crippen LogP contribution in [0.15, 0.2) is 0 Å². The van der Waals surface area contributed by atoms with Gasteiger partial charge >= 0.3 is 6.03 Å². The Hall–Kier alpha value is -1.39. The van der Waals surface area contributed by atoms with E-state index in [9.17, 15) is 14.4 Å². The van der Waals surface area contributed by atoms with Crippen LogP contribution < -0.4 is 10.6 Å². The van der Waals surface area contributed by atoms with Crippen LogP contribution in [0.5, 0.6) is 0 Å². The maximum Gasteiger partial charge on any atom is 0.328 e. The summed E-state index contributed by atoms with van der Waals surface area (Å²) in [6, 6.07) is -0.740. The molecule has 3 aliphatic rings. The molecule has 0 aromatic rings. The monoisotopic (exact) mass is 294 g/mol. The average Bonchev–Trinajstić information content (AvgIpc) is 2.48. The molecular formula is C16H26N2O3. The molecule has 1 aliphatic heterocycles. The standard InChI is InChI=1S/C12H22.C4H4N2O3/c1-3-7-11(8-4-1)12-9-5-2-6-10-12;7-2-1-3(8)6-4(9)5-2/h11-12H,1-10H2;1H2,(H2,5,6,7,8,9). The van der Waals surface area contributed by atoms with E-state index in [4.69, 9.17) is 0 Å². The van der Waals surface area contributed by atoms with Crippen molar-refractivity contribution in [2.45, 2.75) is 70.6 Å². The van der Waals surface area contributed by atoms with E-state index in [0.29, 0.717) is 0 Å². The Bertz CT molecular complexity index is 322. The van der Waals surface area contributed by atoms with Gasteiger partial charge in [-0.2, -0.15) is 0 Å². The lowest BCUT2D eigenvalue weighted by Crippen LogP contribution is -2.49. The zero-order valence-electron chi connectivity index (χ0n) is 12.7. The van der Waals surface area contributed by atoms with Gasteiger partial charge in [-0.1, -0.05) is 64.2 Å². The fraction of sp³-hybridized carbons (Fsp3) is 0.812. The predicted octanol–water partition coefficient (Wildman–Crippen LogP) is 2.89. The summed E-state index contributed by atoms with van der Waals surface area (Å²) in [7, 11) is 0. The maximum atomic E-state index is 10.3. The van der Waals surface area contributed by atoms with Crippen molar-refractivity contribution < 1.29 is 14.4 Å². The van der Waals surface area contributed by atoms with Gasteiger partial charge in [0.25, 0.3) is 0 Å². The number of hydrogen-bond donors (Lipinski definition) is 2. The largest absolute Gasteiger partial charge is 0.328 e. The van der Waals surface area contributed by atoms with Crippen molar-refractivity contribution >= 4 is 17.8 Å². The number of imide groups is 2. The van der Waals surface area contributed by atoms with Crippen LogP contribution in [0.2, 0.25) is 0 Å². The van der Waals surface area contributed by atoms with Gasteiger partial charge in [0.1, 0.15) is 6.42 Å². The number of hydrogen-bond acceptors (Lipinski definition) is 3. The molecule has 1 saturated heterocycles. The number of carbonyl (C=O) groups excluding carboxylic acids is 3. The first-order valence-corrected chi connectivity index (χ1v) is 8.29. The molecule has 0 aromatic heterocycles. The molecule has 3 fully saturated rings. The zero-order chi connectivity index (χ0) is 15.1. The Morgan fingerprint density at radius 3 is 1.33 bits per heavy atom. The van der Waals surface area contributed by atoms with Gasteiger partial charge in [-0.25, -0.2) is 4.79 Å². The lowest BCUT2D eigenvalue weighted by molar-refractivity contribution is -0.129. The van der Waals surface area contributed by atoms with E-state index in [0.717, 1.165) is 11.8 Å². The molecule has 0 radical (unpaired) electrons. The van der Waals surface area contributed by atoms with E-state index < -0.39 is 17.8 Å². The molecule has 21 heavy (non-hydrogen) atoms. The van der Waals surface area contributed by atoms with Crippen LogP contribution in [0.3, 0.4) is 0 Å². The van der Waals surface area contributed by atoms with Gasteiger partial charge in [-0.3, -0.25) is 20.2 Å². The summed E-state index contributed by atoms with van der Waals surface area (Å²) in [6.07, 6.45) is 15.1. The fourth-order valence-electron chi connectivity index (χ4n) is 3.73. The van der Waals surface area contributed by atoms with Gasteiger partial charge in [0.15, 0.2) is 0 Å². The molecule has 0 spiro atoms. The van der Waals surface area contributed by atoms with Crippen LogP contribution in [-0.2, 0) is 9.59 Å². The van der Waals surface area contributed by atoms with Crippen LogP contribution in [0.1, 0.15) is 70.6 Å². The van der Waals surface area contributed by atoms with Crippen LogP contribution in [0, 0.1) is 11.8 Å². The fourth-order valence-corrected chi connectivity index (χ4v) is 3.73. The first kappa shape index (κ1) is 16.0. The van der Waals surface area contributed by atoms with Crippen LogP contribution in [-0.4, -0.2) is 17.8 Å². The second kappa shape index (κ2) is 8.15. The highest BCUT2D eigenvalue weighted by molar-refractivity contribution is 6.14. The zero-order valence-corrected chi connectivity index (χ0v) is 12.7. The minimum Gasteiger partial charge on any atom is -0.277 e. The lowest BCUT2D eigenvalue weighted by atomic mass is 9.73. The molecule has 2 aliphatic carbocycles. The summed E-state index contributed by atoms with van der Waals surface area (Å²) in [6.45, 7) is 0. The Labute approximate surface area is 126 Å². The molecule has 1 heterocycles. The van der Waals surface area contributed by atoms with Crippen molar-refractivity contribution in [3.05, 3.63) is 0 Å². The normalized spacial score (nSPS) is 24.7. The Morgan fingerprint density at radius 1 is 0.619 bits per heavy atom. The molecule has 0 aromatic carbocycles. The highest BCUT2D eigenvalue weighted by atomic mass is 16.2. The maximum absolute atomic E-state index is 10.3. The van der Waals surface area contributed by atoms with Crippen molar-refractivity contribution in [1.29, 1.82) is 0 Å². The van der Waals surface area contributed by atoms with Crippen LogP contribution >= 0.6 is 0 Å². The lowest BCUT2D eigenvalue weighted by Gasteiger charge is -2.32. The minimum atomic E-state index is -0.740. The van der Waals surface area contributed by atoms with Gasteiger partial charge in [0.2, 0.25) is 11.8 Å². The third-order valence-corrected chi connectivity index (χ3v) is 4.79. The summed E-state index contributed by atoms with van der Waals surface area (Å²) in [5.41, 5.74) is 0. The topological polar surface area (TPSA) is 75.3 Å². The number of rotatable bonds is 1. The van der Waals surface area contributed by atoms with Crippen molar-refractivity contribution in [1.82, 2.24) is 10.6 Å². The third-order valence-electron chi connectivity index (χ3n) is 4.79. The molecule has 5 heteroatoms. The SMILES string of the molecule is C1CCC(C2CCCCC2)CC1.O=C1CC(=O)NC(=O)N1. The van der Waals surface area contributed by atoms with Gasteiger partial charge < -0.3 is 0 Å². The molecule has 2 N–H and O–H groups in total. The first-order chi connectivity index (χ1) is 10.1. The molecule has 4 amide bonds. The highest BCUT2D eigenvalue weighted by Gasteiger charge is 2.24. The molecular weight excluding hydrogens is 268 g/mol. The smallest absolute Gasteiger partial charge is 0.277 e. The highest BCUT2D eigenvalue weighted by Crippen LogP contribution is 2.37. The minimum absolute atomic E-state index is 0.258. The number of amides is 4. The molecule has 0 atom stereocenters. The second-order valence-corrected chi connectivity index (χ2v) is 6.40. The Morgan fingerprint density at radius 2 is 1.00 bits per heavy atom. The molecule has 2 saturated carbocycles. The number of barbiturate groups is 1. The summed E-state index contributed by atoms with van der Waals surface area (Å²) in [4.78, 5) is 30.8. The third kappa shape index (κ3) is 5.48. The summed E-state index contributed by atoms with van der Waals surface area (Å²) < 4.78 is 0. The van der Waals surface area contributed by atoms with Crippen LogP contribution in [0.4, 0.5) is 4.79 Å². The van der Waals surface area contributed by atoms with E-state index in [1.165, 1.54) is 38.5 Å². The van der Waals surface area contributed by atoms with E-state index >= 15 is 0 Å². The number of carbonyl (C=O) groups is 3. The predicted molar refractivity (Wildman–Crippen MR) is 79.4 cm³/mol. The summed E-state index contributed by atoms with van der Waals surface area (Å²) >= 11 is 0. The van der Waals surface area contributed by atoms with E-state index in [1.807, 2.05) is 10.6 Å². The van der Waals surface area contributed by atoms with Crippen LogP contribution in [0.25, 0.3) is 0 Å². The van der Waals surface area contributed by atoms with Gasteiger partial charge in [-0.05, 0) is 11.8 Å². The van der Waals surface area contributed by atoms with E-state index in [-0.39, 0.29) is 6.42 Å². The van der Waals surface area contributed by atoms with Gasteiger partial charge in [0, 0.05) is 0 Å². The van der Waals surface area contributed by atoms with Gasteiger partial charge in [-0.15, -0.1) is 0 Å². The summed E-state index contributed by atoms with van der Waals surface area (Å²) in [5, 5.41) is 3.80. The van der Waals surface area contributed by atoms with Crippen molar-refractivity contribution in [3.63, 3.8) is 0 Å². The van der Waals surface area contributed by atoms with E-state index in [2.05, 4.69) is 0 Å².